The molecule has 1 aromatic heterocycles. The third-order valence-electron chi connectivity index (χ3n) is 3.96. The van der Waals surface area contributed by atoms with Crippen LogP contribution in [-0.2, 0) is 9.47 Å². The van der Waals surface area contributed by atoms with Crippen LogP contribution in [0.3, 0.4) is 0 Å². The third kappa shape index (κ3) is 7.07. The van der Waals surface area contributed by atoms with Gasteiger partial charge in [-0.3, -0.25) is 4.98 Å². The van der Waals surface area contributed by atoms with E-state index in [1.54, 1.807) is 36.5 Å². The van der Waals surface area contributed by atoms with Crippen LogP contribution in [0.4, 0.5) is 0 Å². The predicted octanol–water partition coefficient (Wildman–Crippen LogP) is 4.49. The van der Waals surface area contributed by atoms with E-state index in [0.717, 1.165) is 6.04 Å². The Bertz CT molecular complexity index is 754. The molecule has 1 N–H and O–H groups in total. The summed E-state index contributed by atoms with van der Waals surface area (Å²) < 4.78 is 21.8. The van der Waals surface area contributed by atoms with Crippen molar-refractivity contribution < 1.29 is 24.1 Å². The summed E-state index contributed by atoms with van der Waals surface area (Å²) in [7, 11) is 0.372. The number of pyridine rings is 1. The molecule has 28 heavy (non-hydrogen) atoms. The smallest absolute Gasteiger partial charge is 0.189 e. The second-order valence-corrected chi connectivity index (χ2v) is 13.6. The highest BCUT2D eigenvalue weighted by atomic mass is 35.5. The summed E-state index contributed by atoms with van der Waals surface area (Å²) in [5.74, 6) is 0.875. The number of methoxy groups -OCH3 is 1. The van der Waals surface area contributed by atoms with Crippen molar-refractivity contribution in [2.75, 3.05) is 27.3 Å². The van der Waals surface area contributed by atoms with Gasteiger partial charge in [0.25, 0.3) is 0 Å². The second-order valence-electron chi connectivity index (χ2n) is 7.50. The maximum Gasteiger partial charge on any atom is 0.189 e. The van der Waals surface area contributed by atoms with E-state index < -0.39 is 14.2 Å². The van der Waals surface area contributed by atoms with Crippen molar-refractivity contribution in [3.05, 3.63) is 52.8 Å². The molecule has 0 spiro atoms. The van der Waals surface area contributed by atoms with Gasteiger partial charge in [-0.05, 0) is 30.3 Å². The molecule has 1 unspecified atom stereocenters. The Kier molecular flexibility index (Phi) is 8.72. The quantitative estimate of drug-likeness (QED) is 0.325. The monoisotopic (exact) mass is 425 g/mol. The van der Waals surface area contributed by atoms with E-state index >= 15 is 0 Å². The number of hydrogen-bond donors (Lipinski definition) is 1. The number of aliphatic hydroxyl groups excluding tert-OH is 1. The first-order chi connectivity index (χ1) is 13.3. The molecule has 1 aromatic carbocycles. The first-order valence-electron chi connectivity index (χ1n) is 9.06. The average molecular weight is 426 g/mol. The molecule has 0 aliphatic heterocycles. The van der Waals surface area contributed by atoms with Crippen molar-refractivity contribution in [3.63, 3.8) is 0 Å². The van der Waals surface area contributed by atoms with E-state index in [1.807, 2.05) is 0 Å². The van der Waals surface area contributed by atoms with Gasteiger partial charge < -0.3 is 24.1 Å². The summed E-state index contributed by atoms with van der Waals surface area (Å²) in [5.41, 5.74) is 0.894. The Balaban J connectivity index is 2.11. The lowest BCUT2D eigenvalue weighted by atomic mass is 10.0. The molecule has 154 valence electrons. The van der Waals surface area contributed by atoms with E-state index in [4.69, 9.17) is 30.5 Å². The molecule has 1 heterocycles. The summed E-state index contributed by atoms with van der Waals surface area (Å²) in [4.78, 5) is 4.29. The molecular weight excluding hydrogens is 398 g/mol. The summed E-state index contributed by atoms with van der Waals surface area (Å²) in [6.45, 7) is 7.67. The number of aromatic nitrogens is 1. The van der Waals surface area contributed by atoms with E-state index in [9.17, 15) is 5.11 Å². The molecule has 8 heteroatoms. The third-order valence-corrected chi connectivity index (χ3v) is 5.89. The van der Waals surface area contributed by atoms with Crippen molar-refractivity contribution in [2.45, 2.75) is 31.8 Å². The number of ether oxygens (including phenoxy) is 4. The van der Waals surface area contributed by atoms with Gasteiger partial charge in [-0.15, -0.1) is 0 Å². The maximum atomic E-state index is 10.9. The number of hydrogen-bond acceptors (Lipinski definition) is 6. The Morgan fingerprint density at radius 2 is 1.86 bits per heavy atom. The Hall–Kier alpha value is -1.64. The fourth-order valence-corrected chi connectivity index (χ4v) is 3.32. The molecule has 2 aromatic rings. The zero-order chi connectivity index (χ0) is 20.6. The molecular formula is C20H28ClNO5Si. The van der Waals surface area contributed by atoms with E-state index in [1.165, 1.54) is 7.11 Å². The molecule has 0 amide bonds. The van der Waals surface area contributed by atoms with Gasteiger partial charge in [0, 0.05) is 38.6 Å². The zero-order valence-corrected chi connectivity index (χ0v) is 18.5. The van der Waals surface area contributed by atoms with E-state index in [0.29, 0.717) is 34.4 Å². The van der Waals surface area contributed by atoms with E-state index in [2.05, 4.69) is 24.6 Å². The molecule has 0 fully saturated rings. The number of rotatable bonds is 11. The molecule has 0 saturated heterocycles. The van der Waals surface area contributed by atoms with Gasteiger partial charge in [-0.1, -0.05) is 37.3 Å². The van der Waals surface area contributed by atoms with E-state index in [-0.39, 0.29) is 13.6 Å². The minimum atomic E-state index is -1.15. The summed E-state index contributed by atoms with van der Waals surface area (Å²) in [5, 5.41) is 11.4. The van der Waals surface area contributed by atoms with Gasteiger partial charge >= 0.3 is 0 Å². The largest absolute Gasteiger partial charge is 0.467 e. The Labute approximate surface area is 172 Å². The van der Waals surface area contributed by atoms with Crippen LogP contribution in [0.1, 0.15) is 17.4 Å². The molecule has 2 rings (SSSR count). The standard InChI is InChI=1S/C20H28ClNO5Si/c1-24-13-26-18-12-15(21)7-8-16(18)20(23)19-17(6-5-9-22-19)27-14-25-10-11-28(2,3)4/h5-9,12,20,23H,10-11,13-14H2,1-4H3. The highest BCUT2D eigenvalue weighted by Gasteiger charge is 2.21. The first-order valence-corrected chi connectivity index (χ1v) is 13.1. The van der Waals surface area contributed by atoms with Gasteiger partial charge in [0.1, 0.15) is 23.3 Å². The van der Waals surface area contributed by atoms with Crippen molar-refractivity contribution in [1.82, 2.24) is 4.98 Å². The average Bonchev–Trinajstić information content (AvgIpc) is 2.65. The van der Waals surface area contributed by atoms with Crippen molar-refractivity contribution in [3.8, 4) is 11.5 Å². The highest BCUT2D eigenvalue weighted by molar-refractivity contribution is 6.76. The van der Waals surface area contributed by atoms with Crippen LogP contribution in [-0.4, -0.2) is 45.5 Å². The maximum absolute atomic E-state index is 10.9. The van der Waals surface area contributed by atoms with Crippen LogP contribution < -0.4 is 9.47 Å². The van der Waals surface area contributed by atoms with Gasteiger partial charge in [0.2, 0.25) is 0 Å². The lowest BCUT2D eigenvalue weighted by Crippen LogP contribution is -2.22. The SMILES string of the molecule is COCOc1cc(Cl)ccc1C(O)c1ncccc1OCOCC[Si](C)(C)C. The summed E-state index contributed by atoms with van der Waals surface area (Å²) in [6, 6.07) is 9.56. The van der Waals surface area contributed by atoms with Gasteiger partial charge in [0.05, 0.1) is 0 Å². The van der Waals surface area contributed by atoms with Crippen LogP contribution in [0.2, 0.25) is 30.7 Å². The molecule has 0 bridgehead atoms. The van der Waals surface area contributed by atoms with Crippen LogP contribution in [0, 0.1) is 0 Å². The van der Waals surface area contributed by atoms with Crippen molar-refractivity contribution in [2.24, 2.45) is 0 Å². The number of halogens is 1. The van der Waals surface area contributed by atoms with Crippen molar-refractivity contribution >= 4 is 19.7 Å². The first kappa shape index (κ1) is 22.6. The predicted molar refractivity (Wildman–Crippen MR) is 112 cm³/mol. The molecule has 0 aliphatic carbocycles. The Morgan fingerprint density at radius 3 is 2.57 bits per heavy atom. The van der Waals surface area contributed by atoms with Crippen LogP contribution in [0.25, 0.3) is 0 Å². The molecule has 0 saturated carbocycles. The molecule has 6 nitrogen and oxygen atoms in total. The number of benzene rings is 1. The van der Waals surface area contributed by atoms with Gasteiger partial charge in [0.15, 0.2) is 13.6 Å². The second kappa shape index (κ2) is 10.8. The Morgan fingerprint density at radius 1 is 1.11 bits per heavy atom. The van der Waals surface area contributed by atoms with Crippen molar-refractivity contribution in [1.29, 1.82) is 0 Å². The number of aliphatic hydroxyl groups is 1. The normalized spacial score (nSPS) is 12.6. The number of nitrogens with zero attached hydrogens (tertiary/aromatic N) is 1. The van der Waals surface area contributed by atoms with Gasteiger partial charge in [-0.25, -0.2) is 0 Å². The van der Waals surface area contributed by atoms with Crippen LogP contribution in [0.5, 0.6) is 11.5 Å². The fraction of sp³-hybridized carbons (Fsp3) is 0.450. The zero-order valence-electron chi connectivity index (χ0n) is 16.8. The fourth-order valence-electron chi connectivity index (χ4n) is 2.40. The van der Waals surface area contributed by atoms with Crippen LogP contribution in [0.15, 0.2) is 36.5 Å². The highest BCUT2D eigenvalue weighted by Crippen LogP contribution is 2.35. The lowest BCUT2D eigenvalue weighted by molar-refractivity contribution is 0.0198. The molecule has 1 atom stereocenters. The van der Waals surface area contributed by atoms with Gasteiger partial charge in [-0.2, -0.15) is 0 Å². The lowest BCUT2D eigenvalue weighted by Gasteiger charge is -2.19. The topological polar surface area (TPSA) is 70.0 Å². The minimum Gasteiger partial charge on any atom is -0.467 e. The summed E-state index contributed by atoms with van der Waals surface area (Å²) in [6.07, 6.45) is 0.547. The van der Waals surface area contributed by atoms with Crippen LogP contribution >= 0.6 is 11.6 Å². The molecule has 0 aliphatic rings. The minimum absolute atomic E-state index is 0.0383. The summed E-state index contributed by atoms with van der Waals surface area (Å²) >= 11 is 6.05. The molecule has 0 radical (unpaired) electrons.